The Bertz CT molecular complexity index is 795. The summed E-state index contributed by atoms with van der Waals surface area (Å²) in [6.45, 7) is 1.52. The summed E-state index contributed by atoms with van der Waals surface area (Å²) < 4.78 is 2.01. The molecule has 3 rings (SSSR count). The molecule has 0 atom stereocenters. The first-order chi connectivity index (χ1) is 13.0. The third-order valence-electron chi connectivity index (χ3n) is 5.03. The lowest BCUT2D eigenvalue weighted by molar-refractivity contribution is -0.113. The zero-order valence-electron chi connectivity index (χ0n) is 15.9. The largest absolute Gasteiger partial charge is 0.325 e. The fourth-order valence-electron chi connectivity index (χ4n) is 3.41. The summed E-state index contributed by atoms with van der Waals surface area (Å²) in [4.78, 5) is 23.5. The minimum absolute atomic E-state index is 0.00902. The van der Waals surface area contributed by atoms with Crippen molar-refractivity contribution in [2.24, 2.45) is 13.0 Å². The zero-order valence-corrected chi connectivity index (χ0v) is 16.7. The van der Waals surface area contributed by atoms with Gasteiger partial charge in [-0.25, -0.2) is 0 Å². The van der Waals surface area contributed by atoms with E-state index in [0.717, 1.165) is 17.4 Å². The van der Waals surface area contributed by atoms with Gasteiger partial charge in [0.25, 0.3) is 0 Å². The minimum atomic E-state index is -0.104. The number of rotatable bonds is 7. The van der Waals surface area contributed by atoms with E-state index < -0.39 is 0 Å². The summed E-state index contributed by atoms with van der Waals surface area (Å²) in [7, 11) is 1.97. The van der Waals surface area contributed by atoms with Crippen LogP contribution < -0.4 is 5.32 Å². The number of nitrogens with zero attached hydrogens (tertiary/aromatic N) is 3. The Hall–Kier alpha value is -2.15. The van der Waals surface area contributed by atoms with Crippen molar-refractivity contribution in [3.05, 3.63) is 35.7 Å². The number of carbonyl (C=O) groups is 2. The van der Waals surface area contributed by atoms with Crippen molar-refractivity contribution >= 4 is 29.1 Å². The lowest BCUT2D eigenvalue weighted by Gasteiger charge is -2.20. The second-order valence-electron chi connectivity index (χ2n) is 7.14. The van der Waals surface area contributed by atoms with Gasteiger partial charge in [-0.3, -0.25) is 9.59 Å². The number of thioether (sulfide) groups is 1. The fourth-order valence-corrected chi connectivity index (χ4v) is 4.14. The summed E-state index contributed by atoms with van der Waals surface area (Å²) in [5.41, 5.74) is 1.31. The zero-order chi connectivity index (χ0) is 19.2. The molecule has 1 aliphatic carbocycles. The Labute approximate surface area is 164 Å². The first-order valence-electron chi connectivity index (χ1n) is 9.45. The van der Waals surface area contributed by atoms with E-state index in [2.05, 4.69) is 15.5 Å². The van der Waals surface area contributed by atoms with Gasteiger partial charge < -0.3 is 9.88 Å². The number of hydrogen-bond acceptors (Lipinski definition) is 5. The molecule has 1 amide bonds. The Balaban J connectivity index is 1.50. The lowest BCUT2D eigenvalue weighted by atomic mass is 9.87. The van der Waals surface area contributed by atoms with E-state index in [1.54, 1.807) is 24.3 Å². The van der Waals surface area contributed by atoms with Gasteiger partial charge in [0.05, 0.1) is 5.75 Å². The van der Waals surface area contributed by atoms with Crippen molar-refractivity contribution in [1.82, 2.24) is 14.8 Å². The third-order valence-corrected chi connectivity index (χ3v) is 6.05. The highest BCUT2D eigenvalue weighted by atomic mass is 32.2. The fraction of sp³-hybridized carbons (Fsp3) is 0.500. The van der Waals surface area contributed by atoms with E-state index in [4.69, 9.17) is 0 Å². The smallest absolute Gasteiger partial charge is 0.234 e. The molecule has 0 unspecified atom stereocenters. The Morgan fingerprint density at radius 2 is 1.85 bits per heavy atom. The third kappa shape index (κ3) is 5.42. The topological polar surface area (TPSA) is 76.9 Å². The molecule has 1 aromatic heterocycles. The Morgan fingerprint density at radius 1 is 1.15 bits per heavy atom. The number of hydrogen-bond donors (Lipinski definition) is 1. The van der Waals surface area contributed by atoms with Crippen LogP contribution in [0.4, 0.5) is 5.69 Å². The molecule has 27 heavy (non-hydrogen) atoms. The highest BCUT2D eigenvalue weighted by Crippen LogP contribution is 2.27. The van der Waals surface area contributed by atoms with Gasteiger partial charge in [-0.1, -0.05) is 43.9 Å². The predicted molar refractivity (Wildman–Crippen MR) is 107 cm³/mol. The van der Waals surface area contributed by atoms with Crippen LogP contribution in [-0.2, 0) is 18.3 Å². The summed E-state index contributed by atoms with van der Waals surface area (Å²) in [6, 6.07) is 6.91. The molecule has 1 N–H and O–H groups in total. The van der Waals surface area contributed by atoms with Crippen molar-refractivity contribution in [1.29, 1.82) is 0 Å². The van der Waals surface area contributed by atoms with Crippen LogP contribution in [0.15, 0.2) is 29.4 Å². The number of carbonyl (C=O) groups excluding carboxylic acids is 2. The van der Waals surface area contributed by atoms with E-state index in [9.17, 15) is 9.59 Å². The van der Waals surface area contributed by atoms with E-state index in [-0.39, 0.29) is 17.4 Å². The standard InChI is InChI=1S/C20H26N4O2S/c1-14(25)16-8-10-17(11-9-16)21-19(26)13-27-20-23-22-18(24(20)2)12-15-6-4-3-5-7-15/h8-11,15H,3-7,12-13H2,1-2H3,(H,21,26). The van der Waals surface area contributed by atoms with Crippen LogP contribution in [0.1, 0.15) is 55.2 Å². The number of anilines is 1. The van der Waals surface area contributed by atoms with Gasteiger partial charge in [-0.05, 0) is 37.1 Å². The lowest BCUT2D eigenvalue weighted by Crippen LogP contribution is -2.15. The molecule has 1 fully saturated rings. The number of ketones is 1. The van der Waals surface area contributed by atoms with E-state index >= 15 is 0 Å². The van der Waals surface area contributed by atoms with Crippen molar-refractivity contribution in [3.63, 3.8) is 0 Å². The minimum Gasteiger partial charge on any atom is -0.325 e. The first kappa shape index (κ1) is 19.6. The second kappa shape index (κ2) is 9.17. The van der Waals surface area contributed by atoms with Gasteiger partial charge in [0.15, 0.2) is 10.9 Å². The van der Waals surface area contributed by atoms with Crippen LogP contribution in [0.3, 0.4) is 0 Å². The maximum absolute atomic E-state index is 12.2. The molecule has 7 heteroatoms. The Kier molecular flexibility index (Phi) is 6.66. The van der Waals surface area contributed by atoms with Gasteiger partial charge in [-0.2, -0.15) is 0 Å². The molecule has 1 aliphatic rings. The van der Waals surface area contributed by atoms with E-state index in [1.807, 2.05) is 11.6 Å². The number of benzene rings is 1. The van der Waals surface area contributed by atoms with Crippen LogP contribution >= 0.6 is 11.8 Å². The van der Waals surface area contributed by atoms with E-state index in [0.29, 0.717) is 17.2 Å². The molecule has 0 radical (unpaired) electrons. The number of Topliss-reactive ketones (excluding diaryl/α,β-unsaturated/α-hetero) is 1. The second-order valence-corrected chi connectivity index (χ2v) is 8.08. The maximum Gasteiger partial charge on any atom is 0.234 e. The number of amides is 1. The van der Waals surface area contributed by atoms with Gasteiger partial charge in [0, 0.05) is 24.7 Å². The normalized spacial score (nSPS) is 14.9. The SMILES string of the molecule is CC(=O)c1ccc(NC(=O)CSc2nnc(CC3CCCCC3)n2C)cc1. The first-order valence-corrected chi connectivity index (χ1v) is 10.4. The summed E-state index contributed by atoms with van der Waals surface area (Å²) in [5, 5.41) is 12.2. The molecule has 0 bridgehead atoms. The summed E-state index contributed by atoms with van der Waals surface area (Å²) >= 11 is 1.39. The Morgan fingerprint density at radius 3 is 2.52 bits per heavy atom. The highest BCUT2D eigenvalue weighted by Gasteiger charge is 2.18. The van der Waals surface area contributed by atoms with Crippen molar-refractivity contribution in [2.45, 2.75) is 50.6 Å². The van der Waals surface area contributed by atoms with Crippen LogP contribution in [0.2, 0.25) is 0 Å². The molecule has 0 aliphatic heterocycles. The van der Waals surface area contributed by atoms with Crippen LogP contribution in [-0.4, -0.2) is 32.2 Å². The quantitative estimate of drug-likeness (QED) is 0.577. The van der Waals surface area contributed by atoms with Crippen LogP contribution in [0.5, 0.6) is 0 Å². The maximum atomic E-state index is 12.2. The summed E-state index contributed by atoms with van der Waals surface area (Å²) in [6.07, 6.45) is 7.51. The molecule has 2 aromatic rings. The van der Waals surface area contributed by atoms with Gasteiger partial charge in [0.2, 0.25) is 5.91 Å². The van der Waals surface area contributed by atoms with Gasteiger partial charge in [0.1, 0.15) is 5.82 Å². The van der Waals surface area contributed by atoms with Crippen molar-refractivity contribution in [2.75, 3.05) is 11.1 Å². The molecule has 144 valence electrons. The molecule has 1 aromatic carbocycles. The molecular weight excluding hydrogens is 360 g/mol. The number of nitrogens with one attached hydrogen (secondary N) is 1. The summed E-state index contributed by atoms with van der Waals surface area (Å²) in [5.74, 6) is 1.89. The average molecular weight is 387 g/mol. The van der Waals surface area contributed by atoms with Crippen molar-refractivity contribution < 1.29 is 9.59 Å². The number of aromatic nitrogens is 3. The van der Waals surface area contributed by atoms with Gasteiger partial charge >= 0.3 is 0 Å². The molecule has 6 nitrogen and oxygen atoms in total. The van der Waals surface area contributed by atoms with Crippen LogP contribution in [0, 0.1) is 5.92 Å². The van der Waals surface area contributed by atoms with Crippen molar-refractivity contribution in [3.8, 4) is 0 Å². The molecule has 0 saturated heterocycles. The molecule has 1 heterocycles. The molecular formula is C20H26N4O2S. The monoisotopic (exact) mass is 386 g/mol. The average Bonchev–Trinajstić information content (AvgIpc) is 3.01. The molecule has 0 spiro atoms. The molecule has 1 saturated carbocycles. The predicted octanol–water partition coefficient (Wildman–Crippen LogP) is 3.87. The highest BCUT2D eigenvalue weighted by molar-refractivity contribution is 7.99. The van der Waals surface area contributed by atoms with Gasteiger partial charge in [-0.15, -0.1) is 10.2 Å². The van der Waals surface area contributed by atoms with E-state index in [1.165, 1.54) is 50.8 Å². The van der Waals surface area contributed by atoms with Crippen LogP contribution in [0.25, 0.3) is 0 Å².